The van der Waals surface area contributed by atoms with Gasteiger partial charge in [0.25, 0.3) is 5.56 Å². The Balaban J connectivity index is 1.93. The van der Waals surface area contributed by atoms with E-state index in [1.807, 2.05) is 11.5 Å². The van der Waals surface area contributed by atoms with E-state index in [-0.39, 0.29) is 5.56 Å². The van der Waals surface area contributed by atoms with Gasteiger partial charge in [-0.15, -0.1) is 21.5 Å². The van der Waals surface area contributed by atoms with Gasteiger partial charge in [0.2, 0.25) is 0 Å². The van der Waals surface area contributed by atoms with Gasteiger partial charge in [-0.2, -0.15) is 0 Å². The molecule has 0 aromatic carbocycles. The van der Waals surface area contributed by atoms with Crippen molar-refractivity contribution in [2.24, 2.45) is 0 Å². The first-order valence-electron chi connectivity index (χ1n) is 7.16. The minimum Gasteiger partial charge on any atom is -0.465 e. The highest BCUT2D eigenvalue weighted by Gasteiger charge is 2.19. The fourth-order valence-electron chi connectivity index (χ4n) is 2.25. The summed E-state index contributed by atoms with van der Waals surface area (Å²) in [6, 6.07) is 0. The van der Waals surface area contributed by atoms with Gasteiger partial charge in [-0.25, -0.2) is 9.78 Å². The topological polar surface area (TPSA) is 103 Å². The number of rotatable bonds is 5. The van der Waals surface area contributed by atoms with Crippen LogP contribution in [0.2, 0.25) is 0 Å². The third kappa shape index (κ3) is 2.94. The van der Waals surface area contributed by atoms with Crippen LogP contribution in [0.15, 0.2) is 16.3 Å². The number of ether oxygens (including phenoxy) is 1. The van der Waals surface area contributed by atoms with E-state index in [9.17, 15) is 9.59 Å². The molecule has 24 heavy (non-hydrogen) atoms. The van der Waals surface area contributed by atoms with Gasteiger partial charge in [-0.1, -0.05) is 11.8 Å². The molecule has 0 aliphatic rings. The summed E-state index contributed by atoms with van der Waals surface area (Å²) in [5.41, 5.74) is 0.344. The number of methoxy groups -OCH3 is 1. The number of thioether (sulfide) groups is 1. The van der Waals surface area contributed by atoms with Crippen molar-refractivity contribution in [3.63, 3.8) is 0 Å². The molecule has 10 heteroatoms. The van der Waals surface area contributed by atoms with E-state index >= 15 is 0 Å². The Morgan fingerprint density at radius 1 is 1.50 bits per heavy atom. The molecular formula is C14H15N5O3S2. The number of aromatic amines is 1. The highest BCUT2D eigenvalue weighted by Crippen LogP contribution is 2.28. The van der Waals surface area contributed by atoms with Crippen LogP contribution in [0.5, 0.6) is 0 Å². The number of fused-ring (bicyclic) bond motifs is 1. The molecule has 0 unspecified atom stereocenters. The van der Waals surface area contributed by atoms with Gasteiger partial charge in [0.05, 0.1) is 18.2 Å². The van der Waals surface area contributed by atoms with Crippen LogP contribution in [0.3, 0.4) is 0 Å². The maximum absolute atomic E-state index is 12.3. The quantitative estimate of drug-likeness (QED) is 0.545. The molecule has 1 N–H and O–H groups in total. The number of carbonyl (C=O) groups is 1. The molecule has 0 aliphatic heterocycles. The molecule has 0 bridgehead atoms. The van der Waals surface area contributed by atoms with E-state index in [0.717, 1.165) is 11.7 Å². The predicted molar refractivity (Wildman–Crippen MR) is 91.6 cm³/mol. The number of thiophene rings is 1. The fourth-order valence-corrected chi connectivity index (χ4v) is 4.22. The zero-order valence-corrected chi connectivity index (χ0v) is 15.0. The zero-order chi connectivity index (χ0) is 17.3. The van der Waals surface area contributed by atoms with Gasteiger partial charge in [0, 0.05) is 6.54 Å². The van der Waals surface area contributed by atoms with Crippen molar-refractivity contribution in [3.05, 3.63) is 32.9 Å². The Kier molecular flexibility index (Phi) is 4.67. The van der Waals surface area contributed by atoms with Crippen molar-refractivity contribution in [2.45, 2.75) is 31.3 Å². The molecule has 3 heterocycles. The second kappa shape index (κ2) is 6.73. The van der Waals surface area contributed by atoms with Crippen LogP contribution in [0.1, 0.15) is 28.0 Å². The van der Waals surface area contributed by atoms with E-state index in [1.165, 1.54) is 30.2 Å². The first-order valence-corrected chi connectivity index (χ1v) is 8.96. The second-order valence-corrected chi connectivity index (χ2v) is 6.87. The molecule has 3 aromatic heterocycles. The Bertz CT molecular complexity index is 959. The second-order valence-electron chi connectivity index (χ2n) is 4.93. The standard InChI is InChI=1S/C14H15N5O3S2/c1-4-19-6-15-18-14(19)23-5-8-16-11(20)9-7(2)10(13(21)22-3)24-12(9)17-8/h6H,4-5H2,1-3H3,(H,16,17,20). The molecular weight excluding hydrogens is 350 g/mol. The summed E-state index contributed by atoms with van der Waals surface area (Å²) in [7, 11) is 1.32. The third-order valence-electron chi connectivity index (χ3n) is 3.48. The lowest BCUT2D eigenvalue weighted by Gasteiger charge is -2.02. The summed E-state index contributed by atoms with van der Waals surface area (Å²) in [5.74, 6) is 0.525. The van der Waals surface area contributed by atoms with Crippen LogP contribution in [-0.4, -0.2) is 37.8 Å². The van der Waals surface area contributed by atoms with Crippen molar-refractivity contribution >= 4 is 39.3 Å². The monoisotopic (exact) mass is 365 g/mol. The number of nitrogens with zero attached hydrogens (tertiary/aromatic N) is 4. The van der Waals surface area contributed by atoms with Crippen LogP contribution in [0.4, 0.5) is 0 Å². The van der Waals surface area contributed by atoms with Gasteiger partial charge >= 0.3 is 5.97 Å². The molecule has 0 aliphatic carbocycles. The van der Waals surface area contributed by atoms with Crippen molar-refractivity contribution in [2.75, 3.05) is 7.11 Å². The molecule has 0 saturated heterocycles. The minimum atomic E-state index is -0.457. The van der Waals surface area contributed by atoms with Crippen LogP contribution >= 0.6 is 23.1 Å². The number of aryl methyl sites for hydroxylation is 2. The van der Waals surface area contributed by atoms with Crippen LogP contribution < -0.4 is 5.56 Å². The van der Waals surface area contributed by atoms with E-state index in [2.05, 4.69) is 20.2 Å². The van der Waals surface area contributed by atoms with E-state index in [0.29, 0.717) is 32.2 Å². The average Bonchev–Trinajstić information content (AvgIpc) is 3.16. The number of H-pyrrole nitrogens is 1. The molecule has 3 aromatic rings. The van der Waals surface area contributed by atoms with Gasteiger partial charge in [0.1, 0.15) is 21.9 Å². The Hall–Kier alpha value is -2.20. The highest BCUT2D eigenvalue weighted by atomic mass is 32.2. The number of hydrogen-bond acceptors (Lipinski definition) is 8. The Morgan fingerprint density at radius 2 is 2.29 bits per heavy atom. The summed E-state index contributed by atoms with van der Waals surface area (Å²) in [5, 5.41) is 9.10. The molecule has 0 spiro atoms. The Labute approximate surface area is 145 Å². The summed E-state index contributed by atoms with van der Waals surface area (Å²) in [6.07, 6.45) is 1.66. The predicted octanol–water partition coefficient (Wildman–Crippen LogP) is 1.98. The average molecular weight is 365 g/mol. The number of nitrogens with one attached hydrogen (secondary N) is 1. The largest absolute Gasteiger partial charge is 0.465 e. The van der Waals surface area contributed by atoms with Crippen LogP contribution in [-0.2, 0) is 17.0 Å². The summed E-state index contributed by atoms with van der Waals surface area (Å²) in [4.78, 5) is 32.3. The highest BCUT2D eigenvalue weighted by molar-refractivity contribution is 7.98. The molecule has 8 nitrogen and oxygen atoms in total. The SMILES string of the molecule is CCn1cnnc1SCc1nc2sc(C(=O)OC)c(C)c2c(=O)[nH]1. The molecule has 3 rings (SSSR count). The van der Waals surface area contributed by atoms with Crippen LogP contribution in [0.25, 0.3) is 10.2 Å². The molecule has 0 fully saturated rings. The van der Waals surface area contributed by atoms with E-state index in [4.69, 9.17) is 4.74 Å². The molecule has 0 atom stereocenters. The van der Waals surface area contributed by atoms with Crippen LogP contribution in [0, 0.1) is 6.92 Å². The van der Waals surface area contributed by atoms with Crippen molar-refractivity contribution in [3.8, 4) is 0 Å². The fraction of sp³-hybridized carbons (Fsp3) is 0.357. The maximum Gasteiger partial charge on any atom is 0.348 e. The first-order chi connectivity index (χ1) is 11.5. The minimum absolute atomic E-state index is 0.253. The van der Waals surface area contributed by atoms with Gasteiger partial charge in [-0.05, 0) is 19.4 Å². The van der Waals surface area contributed by atoms with Gasteiger partial charge in [0.15, 0.2) is 5.16 Å². The first kappa shape index (κ1) is 16.7. The van der Waals surface area contributed by atoms with Crippen molar-refractivity contribution in [1.29, 1.82) is 0 Å². The molecule has 0 amide bonds. The summed E-state index contributed by atoms with van der Waals surface area (Å²) >= 11 is 2.61. The molecule has 0 radical (unpaired) electrons. The lowest BCUT2D eigenvalue weighted by molar-refractivity contribution is 0.0605. The maximum atomic E-state index is 12.3. The molecule has 126 valence electrons. The lowest BCUT2D eigenvalue weighted by atomic mass is 10.2. The van der Waals surface area contributed by atoms with Gasteiger partial charge in [-0.3, -0.25) is 4.79 Å². The number of hydrogen-bond donors (Lipinski definition) is 1. The van der Waals surface area contributed by atoms with E-state index < -0.39 is 5.97 Å². The number of aromatic nitrogens is 5. The smallest absolute Gasteiger partial charge is 0.348 e. The van der Waals surface area contributed by atoms with Gasteiger partial charge < -0.3 is 14.3 Å². The molecule has 0 saturated carbocycles. The zero-order valence-electron chi connectivity index (χ0n) is 13.3. The third-order valence-corrected chi connectivity index (χ3v) is 5.64. The number of esters is 1. The van der Waals surface area contributed by atoms with Crippen molar-refractivity contribution in [1.82, 2.24) is 24.7 Å². The van der Waals surface area contributed by atoms with Crippen molar-refractivity contribution < 1.29 is 9.53 Å². The summed E-state index contributed by atoms with van der Waals surface area (Å²) < 4.78 is 6.66. The van der Waals surface area contributed by atoms with E-state index in [1.54, 1.807) is 13.3 Å². The summed E-state index contributed by atoms with van der Waals surface area (Å²) in [6.45, 7) is 4.49. The normalized spacial score (nSPS) is 11.1. The Morgan fingerprint density at radius 3 is 3.00 bits per heavy atom. The number of carbonyl (C=O) groups excluding carboxylic acids is 1. The lowest BCUT2D eigenvalue weighted by Crippen LogP contribution is -2.11.